The maximum atomic E-state index is 15.6. The number of rotatable bonds is 17. The highest BCUT2D eigenvalue weighted by Crippen LogP contribution is 2.59. The number of ether oxygens (including phenoxy) is 6. The van der Waals surface area contributed by atoms with Crippen LogP contribution in [-0.2, 0) is 49.7 Å². The van der Waals surface area contributed by atoms with Gasteiger partial charge in [0.25, 0.3) is 0 Å². The summed E-state index contributed by atoms with van der Waals surface area (Å²) < 4.78 is 39.5. The highest BCUT2D eigenvalue weighted by Gasteiger charge is 2.57. The third-order valence-electron chi connectivity index (χ3n) is 13.1. The molecule has 70 heavy (non-hydrogen) atoms. The Kier molecular flexibility index (Phi) is 12.5. The lowest BCUT2D eigenvalue weighted by Crippen LogP contribution is -2.37. The van der Waals surface area contributed by atoms with Gasteiger partial charge < -0.3 is 28.4 Å². The van der Waals surface area contributed by atoms with Crippen molar-refractivity contribution in [1.29, 1.82) is 0 Å². The van der Waals surface area contributed by atoms with Crippen molar-refractivity contribution in [2.24, 2.45) is 0 Å². The van der Waals surface area contributed by atoms with Crippen LogP contribution in [0.25, 0.3) is 0 Å². The minimum absolute atomic E-state index is 0.287. The summed E-state index contributed by atoms with van der Waals surface area (Å²) in [7, 11) is 0. The summed E-state index contributed by atoms with van der Waals surface area (Å²) in [6, 6.07) is 74.6. The minimum atomic E-state index is -1.46. The van der Waals surface area contributed by atoms with Crippen LogP contribution in [0.4, 0.5) is 0 Å². The van der Waals surface area contributed by atoms with Crippen LogP contribution in [0.1, 0.15) is 67.1 Å². The molecule has 0 saturated carbocycles. The van der Waals surface area contributed by atoms with E-state index < -0.39 is 11.4 Å². The maximum Gasteiger partial charge on any atom is 0.331 e. The summed E-state index contributed by atoms with van der Waals surface area (Å²) in [4.78, 5) is 15.6. The molecular weight excluding hydrogens is 869 g/mol. The molecule has 11 rings (SSSR count). The SMILES string of the molecule is O=C1Oc2cc(OCc3ccccc3)cc3c2[C@]1(c1ccc(OCc2ccccc2)cc1)c1cc(OCc2ccccc2)cc(OCc2ccccc2)c1[C@H](c1ccc(OCc2ccccc2)cc1)C3. The van der Waals surface area contributed by atoms with Crippen LogP contribution >= 0.6 is 0 Å². The molecule has 2 atom stereocenters. The van der Waals surface area contributed by atoms with Gasteiger partial charge in [0.15, 0.2) is 0 Å². The van der Waals surface area contributed by atoms with Crippen LogP contribution in [0, 0.1) is 0 Å². The average Bonchev–Trinajstić information content (AvgIpc) is 3.65. The molecule has 0 saturated heterocycles. The standard InChI is InChI=1S/C63H50O7/c64-62-63(51-28-32-53(33-29-51)66-40-45-18-8-2-9-19-45)57-36-55(68-42-47-22-12-4-13-23-47)37-58(69-43-48-24-14-5-15-25-48)60(57)56(49-26-30-52(31-27-49)65-39-44-16-6-1-7-17-44)35-50-34-54(38-59(70-62)61(50)63)67-41-46-20-10-3-11-21-46/h1-34,36-38,56H,35,39-43H2/t56-,63-/m0/s1. The van der Waals surface area contributed by atoms with Gasteiger partial charge in [-0.1, -0.05) is 176 Å². The Morgan fingerprint density at radius 2 is 0.843 bits per heavy atom. The van der Waals surface area contributed by atoms with Crippen molar-refractivity contribution in [3.8, 4) is 34.5 Å². The fourth-order valence-corrected chi connectivity index (χ4v) is 9.71. The molecule has 7 nitrogen and oxygen atoms in total. The third-order valence-corrected chi connectivity index (χ3v) is 13.1. The van der Waals surface area contributed by atoms with Crippen LogP contribution in [-0.4, -0.2) is 5.97 Å². The van der Waals surface area contributed by atoms with Crippen molar-refractivity contribution in [3.63, 3.8) is 0 Å². The molecule has 344 valence electrons. The first-order valence-electron chi connectivity index (χ1n) is 23.7. The molecular formula is C63H50O7. The number of esters is 1. The van der Waals surface area contributed by atoms with E-state index in [9.17, 15) is 0 Å². The molecule has 0 spiro atoms. The smallest absolute Gasteiger partial charge is 0.331 e. The first-order valence-corrected chi connectivity index (χ1v) is 23.7. The van der Waals surface area contributed by atoms with Gasteiger partial charge in [-0.15, -0.1) is 0 Å². The summed E-state index contributed by atoms with van der Waals surface area (Å²) in [6.07, 6.45) is 0.491. The van der Waals surface area contributed by atoms with E-state index in [0.29, 0.717) is 67.2 Å². The van der Waals surface area contributed by atoms with Gasteiger partial charge in [-0.3, -0.25) is 0 Å². The molecule has 0 radical (unpaired) electrons. The zero-order valence-corrected chi connectivity index (χ0v) is 38.5. The summed E-state index contributed by atoms with van der Waals surface area (Å²) >= 11 is 0. The lowest BCUT2D eigenvalue weighted by molar-refractivity contribution is -0.135. The van der Waals surface area contributed by atoms with E-state index in [0.717, 1.165) is 61.4 Å². The second kappa shape index (κ2) is 20.0. The van der Waals surface area contributed by atoms with Crippen LogP contribution in [0.3, 0.4) is 0 Å². The third kappa shape index (κ3) is 9.22. The molecule has 7 heteroatoms. The predicted molar refractivity (Wildman–Crippen MR) is 271 cm³/mol. The normalized spacial score (nSPS) is 15.4. The minimum Gasteiger partial charge on any atom is -0.489 e. The summed E-state index contributed by atoms with van der Waals surface area (Å²) in [5, 5.41) is 0. The van der Waals surface area contributed by atoms with Crippen molar-refractivity contribution in [3.05, 3.63) is 286 Å². The van der Waals surface area contributed by atoms with E-state index in [-0.39, 0.29) is 12.5 Å². The molecule has 9 aromatic carbocycles. The fourth-order valence-electron chi connectivity index (χ4n) is 9.71. The number of benzene rings is 9. The predicted octanol–water partition coefficient (Wildman–Crippen LogP) is 13.5. The number of hydrogen-bond donors (Lipinski definition) is 0. The second-order valence-corrected chi connectivity index (χ2v) is 17.7. The Morgan fingerprint density at radius 1 is 0.429 bits per heavy atom. The van der Waals surface area contributed by atoms with E-state index in [1.54, 1.807) is 0 Å². The number of hydrogen-bond acceptors (Lipinski definition) is 7. The molecule has 2 aliphatic rings. The second-order valence-electron chi connectivity index (χ2n) is 17.7. The largest absolute Gasteiger partial charge is 0.489 e. The Bertz CT molecular complexity index is 3200. The van der Waals surface area contributed by atoms with Gasteiger partial charge in [0.2, 0.25) is 0 Å². The topological polar surface area (TPSA) is 72.5 Å². The quantitative estimate of drug-likeness (QED) is 0.0665. The van der Waals surface area contributed by atoms with Crippen LogP contribution in [0.5, 0.6) is 34.5 Å². The van der Waals surface area contributed by atoms with Crippen molar-refractivity contribution in [1.82, 2.24) is 0 Å². The van der Waals surface area contributed by atoms with Crippen molar-refractivity contribution in [2.45, 2.75) is 50.8 Å². The van der Waals surface area contributed by atoms with Crippen molar-refractivity contribution < 1.29 is 33.2 Å². The highest BCUT2D eigenvalue weighted by molar-refractivity contribution is 6.00. The van der Waals surface area contributed by atoms with Gasteiger partial charge in [-0.05, 0) is 92.9 Å². The van der Waals surface area contributed by atoms with E-state index in [1.807, 2.05) is 182 Å². The monoisotopic (exact) mass is 918 g/mol. The Balaban J connectivity index is 1.10. The van der Waals surface area contributed by atoms with E-state index >= 15 is 4.79 Å². The van der Waals surface area contributed by atoms with E-state index in [1.165, 1.54) is 0 Å². The Hall–Kier alpha value is -8.55. The highest BCUT2D eigenvalue weighted by atomic mass is 16.5. The molecule has 1 aliphatic carbocycles. The van der Waals surface area contributed by atoms with Gasteiger partial charge >= 0.3 is 5.97 Å². The van der Waals surface area contributed by atoms with E-state index in [4.69, 9.17) is 28.4 Å². The lowest BCUT2D eigenvalue weighted by Gasteiger charge is -2.31. The number of fused-ring (bicyclic) bond motifs is 2. The molecule has 0 bridgehead atoms. The van der Waals surface area contributed by atoms with Crippen LogP contribution in [0.2, 0.25) is 0 Å². The summed E-state index contributed by atoms with van der Waals surface area (Å²) in [5.41, 5.74) is 8.73. The van der Waals surface area contributed by atoms with E-state index in [2.05, 4.69) is 42.5 Å². The number of carbonyl (C=O) groups excluding carboxylic acids is 1. The first-order chi connectivity index (χ1) is 34.6. The van der Waals surface area contributed by atoms with Gasteiger partial charge in [-0.25, -0.2) is 4.79 Å². The lowest BCUT2D eigenvalue weighted by atomic mass is 9.68. The molecule has 0 fully saturated rings. The molecule has 0 unspecified atom stereocenters. The molecule has 9 aromatic rings. The van der Waals surface area contributed by atoms with Crippen molar-refractivity contribution in [2.75, 3.05) is 0 Å². The first kappa shape index (κ1) is 44.0. The van der Waals surface area contributed by atoms with Crippen molar-refractivity contribution >= 4 is 5.97 Å². The Morgan fingerprint density at radius 3 is 1.31 bits per heavy atom. The summed E-state index contributed by atoms with van der Waals surface area (Å²) in [5.74, 6) is 2.90. The van der Waals surface area contributed by atoms with Gasteiger partial charge in [-0.2, -0.15) is 0 Å². The molecule has 0 aromatic heterocycles. The fraction of sp³-hybridized carbons (Fsp3) is 0.127. The molecule has 0 N–H and O–H groups in total. The van der Waals surface area contributed by atoms with Gasteiger partial charge in [0.05, 0.1) is 0 Å². The number of carbonyl (C=O) groups is 1. The van der Waals surface area contributed by atoms with Crippen LogP contribution in [0.15, 0.2) is 224 Å². The molecule has 0 amide bonds. The zero-order chi connectivity index (χ0) is 47.1. The summed E-state index contributed by atoms with van der Waals surface area (Å²) in [6.45, 7) is 1.78. The molecule has 1 aliphatic heterocycles. The zero-order valence-electron chi connectivity index (χ0n) is 38.5. The van der Waals surface area contributed by atoms with Crippen LogP contribution < -0.4 is 28.4 Å². The van der Waals surface area contributed by atoms with Gasteiger partial charge in [0, 0.05) is 29.2 Å². The average molecular weight is 919 g/mol. The Labute approximate surface area is 408 Å². The molecule has 1 heterocycles. The van der Waals surface area contributed by atoms with Gasteiger partial charge in [0.1, 0.15) is 72.9 Å². The maximum absolute atomic E-state index is 15.6.